The number of fused-ring (bicyclic) bond motifs is 1. The zero-order valence-electron chi connectivity index (χ0n) is 11.3. The normalized spacial score (nSPS) is 17.9. The molecule has 0 spiro atoms. The second-order valence-electron chi connectivity index (χ2n) is 4.90. The molecule has 1 atom stereocenters. The highest BCUT2D eigenvalue weighted by Gasteiger charge is 2.41. The van der Waals surface area contributed by atoms with Crippen molar-refractivity contribution in [1.82, 2.24) is 9.88 Å². The van der Waals surface area contributed by atoms with Crippen LogP contribution in [-0.2, 0) is 0 Å². The van der Waals surface area contributed by atoms with Gasteiger partial charge < -0.3 is 10.2 Å². The monoisotopic (exact) mass is 307 g/mol. The van der Waals surface area contributed by atoms with Crippen LogP contribution in [0.1, 0.15) is 22.2 Å². The maximum Gasteiger partial charge on any atom is 0.406 e. The highest BCUT2D eigenvalue weighted by atomic mass is 19.4. The number of halogens is 3. The van der Waals surface area contributed by atoms with Gasteiger partial charge in [0.1, 0.15) is 12.7 Å². The number of carbonyl (C=O) groups is 1. The number of nitrogens with one attached hydrogen (secondary N) is 1. The van der Waals surface area contributed by atoms with Crippen LogP contribution in [0.3, 0.4) is 0 Å². The summed E-state index contributed by atoms with van der Waals surface area (Å²) in [5, 5.41) is 2.96. The Morgan fingerprint density at radius 3 is 2.55 bits per heavy atom. The van der Waals surface area contributed by atoms with Crippen molar-refractivity contribution in [3.8, 4) is 0 Å². The highest BCUT2D eigenvalue weighted by Crippen LogP contribution is 2.34. The van der Waals surface area contributed by atoms with Crippen molar-refractivity contribution >= 4 is 11.6 Å². The average molecular weight is 307 g/mol. The molecule has 7 heteroatoms. The Morgan fingerprint density at radius 1 is 1.14 bits per heavy atom. The quantitative estimate of drug-likeness (QED) is 0.926. The van der Waals surface area contributed by atoms with Gasteiger partial charge in [-0.25, -0.2) is 0 Å². The molecule has 0 bridgehead atoms. The Kier molecular flexibility index (Phi) is 3.48. The number of hydrogen-bond acceptors (Lipinski definition) is 3. The van der Waals surface area contributed by atoms with E-state index in [1.807, 2.05) is 0 Å². The summed E-state index contributed by atoms with van der Waals surface area (Å²) in [7, 11) is 0. The van der Waals surface area contributed by atoms with E-state index in [1.165, 1.54) is 12.3 Å². The minimum Gasteiger partial charge on any atom is -0.359 e. The van der Waals surface area contributed by atoms with Gasteiger partial charge in [-0.2, -0.15) is 13.2 Å². The van der Waals surface area contributed by atoms with Crippen LogP contribution in [0.2, 0.25) is 0 Å². The van der Waals surface area contributed by atoms with Crippen LogP contribution in [0.25, 0.3) is 0 Å². The number of anilines is 1. The standard InChI is InChI=1S/C15H12F3N3O/c16-15(17,18)9-21-13(12-7-3-4-8-19-12)20-11-6-2-1-5-10(11)14(21)22/h1-8,13,20H,9H2. The summed E-state index contributed by atoms with van der Waals surface area (Å²) in [6.45, 7) is -1.34. The predicted octanol–water partition coefficient (Wildman–Crippen LogP) is 3.21. The van der Waals surface area contributed by atoms with E-state index in [0.29, 0.717) is 11.4 Å². The smallest absolute Gasteiger partial charge is 0.359 e. The molecule has 2 heterocycles. The van der Waals surface area contributed by atoms with Crippen LogP contribution < -0.4 is 5.32 Å². The van der Waals surface area contributed by atoms with Crippen molar-refractivity contribution in [3.05, 3.63) is 59.9 Å². The molecule has 3 rings (SSSR count). The lowest BCUT2D eigenvalue weighted by Crippen LogP contribution is -2.47. The number of hydrogen-bond donors (Lipinski definition) is 1. The van der Waals surface area contributed by atoms with Gasteiger partial charge in [0, 0.05) is 11.9 Å². The molecule has 114 valence electrons. The summed E-state index contributed by atoms with van der Waals surface area (Å²) in [6, 6.07) is 11.4. The molecule has 1 aromatic heterocycles. The van der Waals surface area contributed by atoms with Crippen molar-refractivity contribution < 1.29 is 18.0 Å². The molecule has 1 unspecified atom stereocenters. The van der Waals surface area contributed by atoms with Gasteiger partial charge in [0.05, 0.1) is 11.3 Å². The Labute approximate surface area is 124 Å². The second kappa shape index (κ2) is 5.32. The van der Waals surface area contributed by atoms with Crippen molar-refractivity contribution in [2.24, 2.45) is 0 Å². The number of nitrogens with zero attached hydrogens (tertiary/aromatic N) is 2. The summed E-state index contributed by atoms with van der Waals surface area (Å²) in [5.74, 6) is -0.665. The number of amides is 1. The van der Waals surface area contributed by atoms with Crippen molar-refractivity contribution in [2.45, 2.75) is 12.3 Å². The topological polar surface area (TPSA) is 45.2 Å². The van der Waals surface area contributed by atoms with E-state index >= 15 is 0 Å². The number of benzene rings is 1. The Bertz CT molecular complexity index is 688. The number of alkyl halides is 3. The van der Waals surface area contributed by atoms with E-state index in [2.05, 4.69) is 10.3 Å². The van der Waals surface area contributed by atoms with E-state index in [4.69, 9.17) is 0 Å². The molecule has 0 saturated heterocycles. The lowest BCUT2D eigenvalue weighted by atomic mass is 10.1. The molecule has 1 amide bonds. The van der Waals surface area contributed by atoms with Crippen LogP contribution in [-0.4, -0.2) is 28.5 Å². The average Bonchev–Trinajstić information content (AvgIpc) is 2.50. The molecular formula is C15H12F3N3O. The largest absolute Gasteiger partial charge is 0.406 e. The van der Waals surface area contributed by atoms with E-state index < -0.39 is 24.8 Å². The summed E-state index contributed by atoms with van der Waals surface area (Å²) in [4.78, 5) is 17.3. The maximum absolute atomic E-state index is 12.8. The fourth-order valence-corrected chi connectivity index (χ4v) is 2.42. The van der Waals surface area contributed by atoms with Crippen LogP contribution in [0.15, 0.2) is 48.7 Å². The van der Waals surface area contributed by atoms with Crippen LogP contribution in [0.4, 0.5) is 18.9 Å². The molecule has 22 heavy (non-hydrogen) atoms. The first-order valence-electron chi connectivity index (χ1n) is 6.60. The predicted molar refractivity (Wildman–Crippen MR) is 74.1 cm³/mol. The molecule has 0 fully saturated rings. The summed E-state index contributed by atoms with van der Waals surface area (Å²) in [5.41, 5.74) is 1.08. The lowest BCUT2D eigenvalue weighted by Gasteiger charge is -2.37. The van der Waals surface area contributed by atoms with Gasteiger partial charge in [-0.1, -0.05) is 18.2 Å². The van der Waals surface area contributed by atoms with Gasteiger partial charge >= 0.3 is 6.18 Å². The molecule has 1 N–H and O–H groups in total. The van der Waals surface area contributed by atoms with Crippen LogP contribution in [0.5, 0.6) is 0 Å². The second-order valence-corrected chi connectivity index (χ2v) is 4.90. The number of carbonyl (C=O) groups excluding carboxylic acids is 1. The van der Waals surface area contributed by atoms with Gasteiger partial charge in [-0.15, -0.1) is 0 Å². The fourth-order valence-electron chi connectivity index (χ4n) is 2.42. The zero-order chi connectivity index (χ0) is 15.7. The summed E-state index contributed by atoms with van der Waals surface area (Å²) in [6.07, 6.45) is -3.96. The number of rotatable bonds is 2. The minimum atomic E-state index is -4.49. The van der Waals surface area contributed by atoms with E-state index in [1.54, 1.807) is 36.4 Å². The number of para-hydroxylation sites is 1. The SMILES string of the molecule is O=C1c2ccccc2NC(c2ccccn2)N1CC(F)(F)F. The van der Waals surface area contributed by atoms with Crippen LogP contribution >= 0.6 is 0 Å². The third-order valence-corrected chi connectivity index (χ3v) is 3.34. The highest BCUT2D eigenvalue weighted by molar-refractivity contribution is 6.01. The summed E-state index contributed by atoms with van der Waals surface area (Å²) >= 11 is 0. The molecule has 0 aliphatic carbocycles. The van der Waals surface area contributed by atoms with E-state index in [9.17, 15) is 18.0 Å². The Morgan fingerprint density at radius 2 is 1.86 bits per heavy atom. The van der Waals surface area contributed by atoms with E-state index in [0.717, 1.165) is 4.90 Å². The molecule has 0 radical (unpaired) electrons. The first kappa shape index (κ1) is 14.4. The minimum absolute atomic E-state index is 0.221. The molecule has 0 saturated carbocycles. The van der Waals surface area contributed by atoms with Gasteiger partial charge in [0.2, 0.25) is 0 Å². The molecule has 1 aliphatic heterocycles. The third-order valence-electron chi connectivity index (χ3n) is 3.34. The molecule has 4 nitrogen and oxygen atoms in total. The summed E-state index contributed by atoms with van der Waals surface area (Å²) < 4.78 is 38.5. The fraction of sp³-hybridized carbons (Fsp3) is 0.200. The first-order chi connectivity index (χ1) is 10.5. The van der Waals surface area contributed by atoms with Gasteiger partial charge in [-0.3, -0.25) is 9.78 Å². The van der Waals surface area contributed by atoms with Crippen molar-refractivity contribution in [3.63, 3.8) is 0 Å². The van der Waals surface area contributed by atoms with Crippen molar-refractivity contribution in [1.29, 1.82) is 0 Å². The number of aromatic nitrogens is 1. The third kappa shape index (κ3) is 2.74. The molecule has 1 aliphatic rings. The zero-order valence-corrected chi connectivity index (χ0v) is 11.3. The lowest BCUT2D eigenvalue weighted by molar-refractivity contribution is -0.144. The molecule has 2 aromatic rings. The number of pyridine rings is 1. The van der Waals surface area contributed by atoms with Crippen molar-refractivity contribution in [2.75, 3.05) is 11.9 Å². The maximum atomic E-state index is 12.8. The molecular weight excluding hydrogens is 295 g/mol. The van der Waals surface area contributed by atoms with E-state index in [-0.39, 0.29) is 5.56 Å². The van der Waals surface area contributed by atoms with Crippen LogP contribution in [0, 0.1) is 0 Å². The first-order valence-corrected chi connectivity index (χ1v) is 6.60. The van der Waals surface area contributed by atoms with Gasteiger partial charge in [0.15, 0.2) is 0 Å². The Balaban J connectivity index is 2.04. The Hall–Kier alpha value is -2.57. The van der Waals surface area contributed by atoms with Gasteiger partial charge in [0.25, 0.3) is 5.91 Å². The molecule has 1 aromatic carbocycles. The van der Waals surface area contributed by atoms with Gasteiger partial charge in [-0.05, 0) is 24.3 Å².